The van der Waals surface area contributed by atoms with Gasteiger partial charge in [-0.1, -0.05) is 0 Å². The number of nitrogens with zero attached hydrogens (tertiary/aromatic N) is 1. The van der Waals surface area contributed by atoms with E-state index in [0.717, 1.165) is 31.6 Å². The van der Waals surface area contributed by atoms with Crippen LogP contribution in [0.2, 0.25) is 0 Å². The van der Waals surface area contributed by atoms with Crippen LogP contribution < -0.4 is 4.74 Å². The van der Waals surface area contributed by atoms with E-state index >= 15 is 0 Å². The zero-order valence-electron chi connectivity index (χ0n) is 12.1. The van der Waals surface area contributed by atoms with E-state index in [2.05, 4.69) is 11.9 Å². The molecule has 0 radical (unpaired) electrons. The Morgan fingerprint density at radius 2 is 2.29 bits per heavy atom. The maximum atomic E-state index is 12.5. The first-order valence-corrected chi connectivity index (χ1v) is 7.87. The van der Waals surface area contributed by atoms with E-state index in [0.29, 0.717) is 18.4 Å². The van der Waals surface area contributed by atoms with Gasteiger partial charge in [-0.3, -0.25) is 4.79 Å². The van der Waals surface area contributed by atoms with Gasteiger partial charge in [0.05, 0.1) is 0 Å². The molecule has 1 saturated heterocycles. The molecule has 1 spiro atoms. The van der Waals surface area contributed by atoms with Crippen LogP contribution in [-0.2, 0) is 16.6 Å². The van der Waals surface area contributed by atoms with Gasteiger partial charge >= 0.3 is 0 Å². The minimum atomic E-state index is -0.316. The molecule has 110 valence electrons. The summed E-state index contributed by atoms with van der Waals surface area (Å²) in [6, 6.07) is 4.06. The molecule has 2 bridgehead atoms. The average molecular weight is 285 g/mol. The first-order valence-electron chi connectivity index (χ1n) is 7.87. The van der Waals surface area contributed by atoms with Gasteiger partial charge in [0.2, 0.25) is 0 Å². The van der Waals surface area contributed by atoms with E-state index in [9.17, 15) is 9.90 Å². The molecule has 0 amide bonds. The Morgan fingerprint density at radius 3 is 3.14 bits per heavy atom. The Hall–Kier alpha value is -1.55. The standard InChI is InChI=1S/C17H19NO3/c1-18-5-4-17-11-2-3-13(20)16(17)21-14-8-10(19)6-9(15(14)17)7-12(11)18/h6,8,11-12,16,19H,2-5,7H2,1H3. The minimum absolute atomic E-state index is 0.122. The number of ether oxygens (including phenoxy) is 1. The minimum Gasteiger partial charge on any atom is -0.508 e. The first kappa shape index (κ1) is 12.0. The Balaban J connectivity index is 1.82. The summed E-state index contributed by atoms with van der Waals surface area (Å²) in [4.78, 5) is 14.9. The van der Waals surface area contributed by atoms with Gasteiger partial charge < -0.3 is 14.7 Å². The Labute approximate surface area is 123 Å². The number of hydrogen-bond acceptors (Lipinski definition) is 4. The van der Waals surface area contributed by atoms with Crippen LogP contribution in [0.4, 0.5) is 0 Å². The zero-order chi connectivity index (χ0) is 14.4. The van der Waals surface area contributed by atoms with Gasteiger partial charge in [0, 0.05) is 29.5 Å². The molecule has 1 aromatic carbocycles. The number of rotatable bonds is 0. The molecule has 4 heteroatoms. The zero-order valence-corrected chi connectivity index (χ0v) is 12.1. The fourth-order valence-corrected chi connectivity index (χ4v) is 5.56. The smallest absolute Gasteiger partial charge is 0.174 e. The van der Waals surface area contributed by atoms with Crippen molar-refractivity contribution in [2.24, 2.45) is 5.92 Å². The number of piperidine rings is 1. The number of aromatic hydroxyl groups is 1. The van der Waals surface area contributed by atoms with Gasteiger partial charge in [-0.05, 0) is 50.4 Å². The van der Waals surface area contributed by atoms with Gasteiger partial charge in [-0.25, -0.2) is 0 Å². The van der Waals surface area contributed by atoms with Crippen molar-refractivity contribution >= 4 is 5.78 Å². The Morgan fingerprint density at radius 1 is 1.43 bits per heavy atom. The number of likely N-dealkylation sites (tertiary alicyclic amines) is 1. The van der Waals surface area contributed by atoms with Gasteiger partial charge in [-0.2, -0.15) is 0 Å². The molecule has 1 N–H and O–H groups in total. The third-order valence-electron chi connectivity index (χ3n) is 6.34. The summed E-state index contributed by atoms with van der Waals surface area (Å²) in [6.45, 7) is 1.02. The molecule has 4 aliphatic rings. The molecule has 1 saturated carbocycles. The van der Waals surface area contributed by atoms with Crippen molar-refractivity contribution in [3.8, 4) is 11.5 Å². The van der Waals surface area contributed by atoms with E-state index in [-0.39, 0.29) is 23.1 Å². The fraction of sp³-hybridized carbons (Fsp3) is 0.588. The van der Waals surface area contributed by atoms with Crippen LogP contribution in [0.3, 0.4) is 0 Å². The molecule has 21 heavy (non-hydrogen) atoms. The molecule has 4 nitrogen and oxygen atoms in total. The van der Waals surface area contributed by atoms with Gasteiger partial charge in [0.15, 0.2) is 11.9 Å². The third-order valence-corrected chi connectivity index (χ3v) is 6.34. The number of carbonyl (C=O) groups excluding carboxylic acids is 1. The lowest BCUT2D eigenvalue weighted by molar-refractivity contribution is -0.138. The number of phenolic OH excluding ortho intramolecular Hbond substituents is 1. The summed E-state index contributed by atoms with van der Waals surface area (Å²) in [5.74, 6) is 1.78. The molecule has 1 aromatic rings. The predicted octanol–water partition coefficient (Wildman–Crippen LogP) is 1.63. The lowest BCUT2D eigenvalue weighted by Gasteiger charge is -2.57. The quantitative estimate of drug-likeness (QED) is 0.787. The van der Waals surface area contributed by atoms with Crippen molar-refractivity contribution in [1.29, 1.82) is 0 Å². The second kappa shape index (κ2) is 3.61. The van der Waals surface area contributed by atoms with Crippen LogP contribution >= 0.6 is 0 Å². The second-order valence-electron chi connectivity index (χ2n) is 7.13. The Bertz CT molecular complexity index is 670. The van der Waals surface area contributed by atoms with Crippen molar-refractivity contribution in [3.63, 3.8) is 0 Å². The summed E-state index contributed by atoms with van der Waals surface area (Å²) >= 11 is 0. The molecule has 2 aliphatic heterocycles. The first-order chi connectivity index (χ1) is 10.1. The second-order valence-corrected chi connectivity index (χ2v) is 7.13. The lowest BCUT2D eigenvalue weighted by atomic mass is 9.52. The summed E-state index contributed by atoms with van der Waals surface area (Å²) < 4.78 is 6.08. The molecular weight excluding hydrogens is 266 g/mol. The molecule has 5 rings (SSSR count). The maximum absolute atomic E-state index is 12.5. The summed E-state index contributed by atoms with van der Waals surface area (Å²) in [5, 5.41) is 9.97. The summed E-state index contributed by atoms with van der Waals surface area (Å²) in [7, 11) is 2.19. The molecule has 2 heterocycles. The predicted molar refractivity (Wildman–Crippen MR) is 76.7 cm³/mol. The van der Waals surface area contributed by atoms with Crippen LogP contribution in [0.5, 0.6) is 11.5 Å². The van der Waals surface area contributed by atoms with Crippen molar-refractivity contribution < 1.29 is 14.6 Å². The van der Waals surface area contributed by atoms with Crippen LogP contribution in [0, 0.1) is 5.92 Å². The number of Topliss-reactive ketones (excluding diaryl/α,β-unsaturated/α-hetero) is 1. The van der Waals surface area contributed by atoms with Crippen LogP contribution in [0.15, 0.2) is 12.1 Å². The molecular formula is C17H19NO3. The number of ketones is 1. The van der Waals surface area contributed by atoms with E-state index in [1.807, 2.05) is 6.07 Å². The molecule has 4 unspecified atom stereocenters. The highest BCUT2D eigenvalue weighted by atomic mass is 16.5. The van der Waals surface area contributed by atoms with Crippen LogP contribution in [0.1, 0.15) is 30.4 Å². The molecule has 0 aromatic heterocycles. The molecule has 2 aliphatic carbocycles. The Kier molecular flexibility index (Phi) is 2.07. The SMILES string of the molecule is CN1CCC23c4c5cc(O)cc4OC2C(=O)CCC3C1C5. The van der Waals surface area contributed by atoms with Crippen molar-refractivity contribution in [2.75, 3.05) is 13.6 Å². The number of phenols is 1. The van der Waals surface area contributed by atoms with Crippen molar-refractivity contribution in [1.82, 2.24) is 4.90 Å². The van der Waals surface area contributed by atoms with Gasteiger partial charge in [0.25, 0.3) is 0 Å². The van der Waals surface area contributed by atoms with Gasteiger partial charge in [0.1, 0.15) is 11.5 Å². The van der Waals surface area contributed by atoms with E-state index in [1.54, 1.807) is 6.07 Å². The summed E-state index contributed by atoms with van der Waals surface area (Å²) in [5.41, 5.74) is 2.31. The van der Waals surface area contributed by atoms with Gasteiger partial charge in [-0.15, -0.1) is 0 Å². The van der Waals surface area contributed by atoms with Crippen molar-refractivity contribution in [3.05, 3.63) is 23.3 Å². The number of hydrogen-bond donors (Lipinski definition) is 1. The van der Waals surface area contributed by atoms with Crippen molar-refractivity contribution in [2.45, 2.75) is 43.2 Å². The normalized spacial score (nSPS) is 39.9. The van der Waals surface area contributed by atoms with E-state index < -0.39 is 0 Å². The topological polar surface area (TPSA) is 49.8 Å². The molecule has 4 atom stereocenters. The third kappa shape index (κ3) is 1.24. The van der Waals surface area contributed by atoms with Crippen LogP contribution in [-0.4, -0.2) is 41.5 Å². The average Bonchev–Trinajstić information content (AvgIpc) is 2.78. The monoisotopic (exact) mass is 285 g/mol. The van der Waals surface area contributed by atoms with E-state index in [4.69, 9.17) is 4.74 Å². The number of carbonyl (C=O) groups is 1. The number of likely N-dealkylation sites (N-methyl/N-ethyl adjacent to an activating group) is 1. The maximum Gasteiger partial charge on any atom is 0.174 e. The largest absolute Gasteiger partial charge is 0.508 e. The van der Waals surface area contributed by atoms with Crippen LogP contribution in [0.25, 0.3) is 0 Å². The highest BCUT2D eigenvalue weighted by molar-refractivity contribution is 5.88. The lowest BCUT2D eigenvalue weighted by Crippen LogP contribution is -2.65. The highest BCUT2D eigenvalue weighted by Gasteiger charge is 2.65. The van der Waals surface area contributed by atoms with E-state index in [1.165, 1.54) is 11.1 Å². The highest BCUT2D eigenvalue weighted by Crippen LogP contribution is 2.61. The number of benzene rings is 1. The fourth-order valence-electron chi connectivity index (χ4n) is 5.56. The summed E-state index contributed by atoms with van der Waals surface area (Å²) in [6.07, 6.45) is 3.25. The molecule has 2 fully saturated rings.